The van der Waals surface area contributed by atoms with Crippen molar-refractivity contribution in [2.45, 2.75) is 26.6 Å². The molecule has 3 heteroatoms. The summed E-state index contributed by atoms with van der Waals surface area (Å²) in [5, 5.41) is 0. The first-order valence-electron chi connectivity index (χ1n) is 3.55. The van der Waals surface area contributed by atoms with E-state index in [0.717, 1.165) is 0 Å². The van der Waals surface area contributed by atoms with E-state index in [9.17, 15) is 4.79 Å². The van der Waals surface area contributed by atoms with Crippen LogP contribution in [-0.4, -0.2) is 20.7 Å². The molecule has 0 radical (unpaired) electrons. The fourth-order valence-electron chi connectivity index (χ4n) is 0.439. The number of hydrogen-bond donors (Lipinski definition) is 0. The molecule has 0 rings (SSSR count). The molecular weight excluding hydrogens is 156 g/mol. The van der Waals surface area contributed by atoms with Crippen LogP contribution in [0.25, 0.3) is 0 Å². The van der Waals surface area contributed by atoms with Crippen molar-refractivity contribution in [3.8, 4) is 11.5 Å². The van der Waals surface area contributed by atoms with Gasteiger partial charge in [0.25, 0.3) is 0 Å². The topological polar surface area (TPSA) is 26.3 Å². The van der Waals surface area contributed by atoms with Gasteiger partial charge in [0.1, 0.15) is 8.07 Å². The van der Waals surface area contributed by atoms with Crippen LogP contribution in [0.3, 0.4) is 0 Å². The van der Waals surface area contributed by atoms with Crippen LogP contribution >= 0.6 is 0 Å². The summed E-state index contributed by atoms with van der Waals surface area (Å²) in [6.07, 6.45) is 0. The van der Waals surface area contributed by atoms with E-state index in [1.54, 1.807) is 0 Å². The van der Waals surface area contributed by atoms with E-state index in [1.807, 2.05) is 0 Å². The molecule has 0 aromatic heterocycles. The van der Waals surface area contributed by atoms with Crippen molar-refractivity contribution in [1.82, 2.24) is 0 Å². The fourth-order valence-corrected chi connectivity index (χ4v) is 1.04. The lowest BCUT2D eigenvalue weighted by atomic mass is 10.7. The molecular formula is C8H14O2Si. The standard InChI is InChI=1S/C8H14O2Si/c1-8(9)10-6-5-7-11(2,3)4/h6H2,1-4H3. The normalized spacial score (nSPS) is 9.82. The Labute approximate surface area is 68.9 Å². The van der Waals surface area contributed by atoms with Crippen LogP contribution in [0.4, 0.5) is 0 Å². The van der Waals surface area contributed by atoms with E-state index in [0.29, 0.717) is 0 Å². The highest BCUT2D eigenvalue weighted by Gasteiger charge is 2.06. The first kappa shape index (κ1) is 10.2. The van der Waals surface area contributed by atoms with Crippen molar-refractivity contribution in [2.24, 2.45) is 0 Å². The molecule has 0 atom stereocenters. The molecule has 0 aromatic rings. The highest BCUT2D eigenvalue weighted by Crippen LogP contribution is 1.95. The predicted molar refractivity (Wildman–Crippen MR) is 47.8 cm³/mol. The third-order valence-electron chi connectivity index (χ3n) is 0.811. The molecule has 0 aliphatic carbocycles. The van der Waals surface area contributed by atoms with Gasteiger partial charge in [-0.3, -0.25) is 4.79 Å². The van der Waals surface area contributed by atoms with E-state index < -0.39 is 8.07 Å². The lowest BCUT2D eigenvalue weighted by molar-refractivity contribution is -0.139. The van der Waals surface area contributed by atoms with Gasteiger partial charge >= 0.3 is 5.97 Å². The van der Waals surface area contributed by atoms with Gasteiger partial charge in [0.05, 0.1) is 0 Å². The summed E-state index contributed by atoms with van der Waals surface area (Å²) in [7, 11) is -1.28. The SMILES string of the molecule is CC(=O)OCC#C[Si](C)(C)C. The summed E-state index contributed by atoms with van der Waals surface area (Å²) in [6, 6.07) is 0. The summed E-state index contributed by atoms with van der Waals surface area (Å²) in [4.78, 5) is 10.3. The highest BCUT2D eigenvalue weighted by atomic mass is 28.3. The zero-order valence-electron chi connectivity index (χ0n) is 7.52. The Hall–Kier alpha value is -0.753. The smallest absolute Gasteiger partial charge is 0.303 e. The monoisotopic (exact) mass is 170 g/mol. The van der Waals surface area contributed by atoms with Crippen LogP contribution in [-0.2, 0) is 9.53 Å². The molecule has 0 bridgehead atoms. The molecule has 0 spiro atoms. The maximum absolute atomic E-state index is 10.3. The molecule has 11 heavy (non-hydrogen) atoms. The van der Waals surface area contributed by atoms with Gasteiger partial charge in [0.15, 0.2) is 6.61 Å². The second kappa shape index (κ2) is 4.19. The van der Waals surface area contributed by atoms with E-state index in [2.05, 4.69) is 35.8 Å². The van der Waals surface area contributed by atoms with Gasteiger partial charge in [-0.15, -0.1) is 5.54 Å². The zero-order valence-corrected chi connectivity index (χ0v) is 8.52. The molecule has 0 heterocycles. The minimum absolute atomic E-state index is 0.236. The molecule has 0 saturated carbocycles. The van der Waals surface area contributed by atoms with Crippen molar-refractivity contribution in [1.29, 1.82) is 0 Å². The second-order valence-corrected chi connectivity index (χ2v) is 8.08. The maximum Gasteiger partial charge on any atom is 0.303 e. The Balaban J connectivity index is 3.66. The largest absolute Gasteiger partial charge is 0.453 e. The Morgan fingerprint density at radius 1 is 1.45 bits per heavy atom. The van der Waals surface area contributed by atoms with Gasteiger partial charge in [-0.05, 0) is 0 Å². The van der Waals surface area contributed by atoms with E-state index in [1.165, 1.54) is 6.92 Å². The summed E-state index contributed by atoms with van der Waals surface area (Å²) in [6.45, 7) is 8.06. The molecule has 0 aliphatic rings. The van der Waals surface area contributed by atoms with Crippen LogP contribution in [0.5, 0.6) is 0 Å². The number of rotatable bonds is 1. The highest BCUT2D eigenvalue weighted by molar-refractivity contribution is 6.83. The Morgan fingerprint density at radius 3 is 2.36 bits per heavy atom. The predicted octanol–water partition coefficient (Wildman–Crippen LogP) is 1.43. The molecule has 0 unspecified atom stereocenters. The minimum Gasteiger partial charge on any atom is -0.453 e. The molecule has 0 aliphatic heterocycles. The lowest BCUT2D eigenvalue weighted by Gasteiger charge is -2.03. The average Bonchev–Trinajstić information content (AvgIpc) is 1.78. The molecule has 0 fully saturated rings. The van der Waals surface area contributed by atoms with Crippen molar-refractivity contribution in [3.63, 3.8) is 0 Å². The second-order valence-electron chi connectivity index (χ2n) is 3.33. The molecule has 2 nitrogen and oxygen atoms in total. The molecule has 62 valence electrons. The maximum atomic E-state index is 10.3. The number of esters is 1. The van der Waals surface area contributed by atoms with Crippen molar-refractivity contribution in [2.75, 3.05) is 6.61 Å². The third-order valence-corrected chi connectivity index (χ3v) is 1.74. The van der Waals surface area contributed by atoms with Crippen LogP contribution in [0, 0.1) is 11.5 Å². The third kappa shape index (κ3) is 9.25. The van der Waals surface area contributed by atoms with Gasteiger partial charge < -0.3 is 4.74 Å². The zero-order chi connectivity index (χ0) is 8.91. The lowest BCUT2D eigenvalue weighted by Crippen LogP contribution is -2.16. The molecule has 0 saturated heterocycles. The number of carbonyl (C=O) groups is 1. The van der Waals surface area contributed by atoms with Crippen molar-refractivity contribution >= 4 is 14.0 Å². The van der Waals surface area contributed by atoms with Crippen LogP contribution in [0.1, 0.15) is 6.92 Å². The number of hydrogen-bond acceptors (Lipinski definition) is 2. The quantitative estimate of drug-likeness (QED) is 0.338. The Bertz CT molecular complexity index is 192. The van der Waals surface area contributed by atoms with Crippen molar-refractivity contribution in [3.05, 3.63) is 0 Å². The first-order chi connectivity index (χ1) is 4.92. The Kier molecular flexibility index (Phi) is 3.91. The fraction of sp³-hybridized carbons (Fsp3) is 0.625. The molecule has 0 aromatic carbocycles. The van der Waals surface area contributed by atoms with E-state index in [-0.39, 0.29) is 12.6 Å². The van der Waals surface area contributed by atoms with Gasteiger partial charge in [-0.1, -0.05) is 25.6 Å². The van der Waals surface area contributed by atoms with Gasteiger partial charge in [-0.25, -0.2) is 0 Å². The number of ether oxygens (including phenoxy) is 1. The molecule has 0 amide bonds. The van der Waals surface area contributed by atoms with E-state index in [4.69, 9.17) is 0 Å². The average molecular weight is 170 g/mol. The minimum atomic E-state index is -1.28. The summed E-state index contributed by atoms with van der Waals surface area (Å²) < 4.78 is 4.65. The van der Waals surface area contributed by atoms with E-state index >= 15 is 0 Å². The summed E-state index contributed by atoms with van der Waals surface area (Å²) >= 11 is 0. The summed E-state index contributed by atoms with van der Waals surface area (Å²) in [5.74, 6) is 2.56. The van der Waals surface area contributed by atoms with Crippen LogP contribution < -0.4 is 0 Å². The first-order valence-corrected chi connectivity index (χ1v) is 7.05. The van der Waals surface area contributed by atoms with Gasteiger partial charge in [-0.2, -0.15) is 0 Å². The van der Waals surface area contributed by atoms with Gasteiger partial charge in [0, 0.05) is 6.92 Å². The Morgan fingerprint density at radius 2 is 2.00 bits per heavy atom. The van der Waals surface area contributed by atoms with Gasteiger partial charge in [0.2, 0.25) is 0 Å². The number of carbonyl (C=O) groups excluding carboxylic acids is 1. The summed E-state index contributed by atoms with van der Waals surface area (Å²) in [5.41, 5.74) is 3.09. The van der Waals surface area contributed by atoms with Crippen molar-refractivity contribution < 1.29 is 9.53 Å². The van der Waals surface area contributed by atoms with Crippen LogP contribution in [0.2, 0.25) is 19.6 Å². The molecule has 0 N–H and O–H groups in total. The van der Waals surface area contributed by atoms with Crippen LogP contribution in [0.15, 0.2) is 0 Å².